The van der Waals surface area contributed by atoms with Gasteiger partial charge in [0.25, 0.3) is 5.91 Å². The van der Waals surface area contributed by atoms with E-state index in [0.717, 1.165) is 16.8 Å². The van der Waals surface area contributed by atoms with Crippen molar-refractivity contribution in [2.24, 2.45) is 0 Å². The van der Waals surface area contributed by atoms with Crippen molar-refractivity contribution in [2.75, 3.05) is 57.5 Å². The van der Waals surface area contributed by atoms with Crippen LogP contribution in [0.5, 0.6) is 0 Å². The highest BCUT2D eigenvalue weighted by molar-refractivity contribution is 5.96. The third-order valence-electron chi connectivity index (χ3n) is 8.69. The van der Waals surface area contributed by atoms with E-state index in [0.29, 0.717) is 58.9 Å². The zero-order valence-electron chi connectivity index (χ0n) is 23.2. The summed E-state index contributed by atoms with van der Waals surface area (Å²) in [6.45, 7) is 3.49. The second kappa shape index (κ2) is 11.7. The zero-order valence-corrected chi connectivity index (χ0v) is 23.2. The molecule has 0 atom stereocenters. The molecule has 8 nitrogen and oxygen atoms in total. The molecule has 3 aliphatic heterocycles. The average Bonchev–Trinajstić information content (AvgIpc) is 3.29. The molecule has 212 valence electrons. The van der Waals surface area contributed by atoms with E-state index in [-0.39, 0.29) is 24.3 Å². The molecule has 3 heterocycles. The van der Waals surface area contributed by atoms with Crippen molar-refractivity contribution in [3.63, 3.8) is 0 Å². The van der Waals surface area contributed by atoms with Gasteiger partial charge < -0.3 is 24.3 Å². The summed E-state index contributed by atoms with van der Waals surface area (Å²) in [5.41, 5.74) is 2.07. The number of rotatable bonds is 6. The molecule has 0 aromatic heterocycles. The molecule has 0 N–H and O–H groups in total. The van der Waals surface area contributed by atoms with Gasteiger partial charge >= 0.3 is 0 Å². The van der Waals surface area contributed by atoms with Crippen LogP contribution in [0.1, 0.15) is 29.9 Å². The predicted molar refractivity (Wildman–Crippen MR) is 156 cm³/mol. The monoisotopic (exact) mass is 552 g/mol. The first kappa shape index (κ1) is 27.0. The van der Waals surface area contributed by atoms with Crippen LogP contribution in [0.25, 0.3) is 0 Å². The molecule has 6 rings (SSSR count). The predicted octanol–water partition coefficient (Wildman–Crippen LogP) is 3.34. The first-order valence-electron chi connectivity index (χ1n) is 14.4. The van der Waals surface area contributed by atoms with Crippen molar-refractivity contribution >= 4 is 23.4 Å². The lowest BCUT2D eigenvalue weighted by atomic mass is 9.83. The molecule has 3 fully saturated rings. The molecule has 8 heteroatoms. The van der Waals surface area contributed by atoms with Crippen LogP contribution in [0, 0.1) is 0 Å². The number of anilines is 1. The van der Waals surface area contributed by atoms with Gasteiger partial charge in [-0.15, -0.1) is 0 Å². The minimum absolute atomic E-state index is 0.0299. The molecule has 3 aromatic carbocycles. The average molecular weight is 553 g/mol. The quantitative estimate of drug-likeness (QED) is 0.469. The highest BCUT2D eigenvalue weighted by Crippen LogP contribution is 2.40. The number of para-hydroxylation sites is 1. The number of nitrogens with zero attached hydrogens (tertiary/aromatic N) is 4. The minimum atomic E-state index is -0.793. The number of piperidine rings is 1. The Morgan fingerprint density at radius 2 is 1.27 bits per heavy atom. The van der Waals surface area contributed by atoms with Crippen LogP contribution in [-0.2, 0) is 19.1 Å². The van der Waals surface area contributed by atoms with E-state index in [2.05, 4.69) is 4.90 Å². The summed E-state index contributed by atoms with van der Waals surface area (Å²) in [5.74, 6) is -0.433. The number of carbonyl (C=O) groups excluding carboxylic acids is 3. The van der Waals surface area contributed by atoms with Gasteiger partial charge in [-0.2, -0.15) is 0 Å². The number of hydrogen-bond acceptors (Lipinski definition) is 5. The van der Waals surface area contributed by atoms with Gasteiger partial charge in [0, 0.05) is 31.9 Å². The van der Waals surface area contributed by atoms with Crippen LogP contribution in [0.4, 0.5) is 5.69 Å². The van der Waals surface area contributed by atoms with Crippen molar-refractivity contribution in [3.05, 3.63) is 102 Å². The van der Waals surface area contributed by atoms with Crippen LogP contribution in [0.2, 0.25) is 0 Å². The van der Waals surface area contributed by atoms with E-state index in [1.165, 1.54) is 0 Å². The zero-order chi connectivity index (χ0) is 28.2. The van der Waals surface area contributed by atoms with E-state index in [4.69, 9.17) is 4.74 Å². The van der Waals surface area contributed by atoms with Crippen LogP contribution >= 0.6 is 0 Å². The maximum absolute atomic E-state index is 14.1. The number of amides is 3. The summed E-state index contributed by atoms with van der Waals surface area (Å²) in [4.78, 5) is 48.8. The summed E-state index contributed by atoms with van der Waals surface area (Å²) in [7, 11) is 0. The second-order valence-electron chi connectivity index (χ2n) is 11.0. The van der Waals surface area contributed by atoms with E-state index < -0.39 is 11.5 Å². The van der Waals surface area contributed by atoms with Crippen LogP contribution < -0.4 is 4.90 Å². The Balaban J connectivity index is 1.23. The summed E-state index contributed by atoms with van der Waals surface area (Å²) in [5, 5.41) is 0. The molecule has 41 heavy (non-hydrogen) atoms. The van der Waals surface area contributed by atoms with E-state index in [1.807, 2.05) is 95.9 Å². The summed E-state index contributed by atoms with van der Waals surface area (Å²) < 4.78 is 5.39. The van der Waals surface area contributed by atoms with E-state index >= 15 is 0 Å². The van der Waals surface area contributed by atoms with Crippen molar-refractivity contribution in [3.8, 4) is 0 Å². The van der Waals surface area contributed by atoms with Gasteiger partial charge in [0.15, 0.2) is 0 Å². The topological polar surface area (TPSA) is 73.4 Å². The van der Waals surface area contributed by atoms with Gasteiger partial charge in [-0.3, -0.25) is 14.4 Å². The molecule has 0 bridgehead atoms. The molecule has 0 radical (unpaired) electrons. The van der Waals surface area contributed by atoms with Gasteiger partial charge in [-0.1, -0.05) is 78.9 Å². The Bertz CT molecular complexity index is 1310. The fraction of sp³-hybridized carbons (Fsp3) is 0.364. The summed E-state index contributed by atoms with van der Waals surface area (Å²) >= 11 is 0. The normalized spacial score (nSPS) is 18.8. The molecule has 0 unspecified atom stereocenters. The van der Waals surface area contributed by atoms with Crippen molar-refractivity contribution in [2.45, 2.75) is 24.3 Å². The summed E-state index contributed by atoms with van der Waals surface area (Å²) in [6.07, 6.45) is 1.01. The lowest BCUT2D eigenvalue weighted by Crippen LogP contribution is -2.58. The van der Waals surface area contributed by atoms with Gasteiger partial charge in [0.1, 0.15) is 12.1 Å². The third-order valence-corrected chi connectivity index (χ3v) is 8.69. The lowest BCUT2D eigenvalue weighted by Gasteiger charge is -2.44. The fourth-order valence-corrected chi connectivity index (χ4v) is 6.45. The maximum atomic E-state index is 14.1. The van der Waals surface area contributed by atoms with E-state index in [9.17, 15) is 14.4 Å². The van der Waals surface area contributed by atoms with Crippen LogP contribution in [-0.4, -0.2) is 90.6 Å². The molecule has 0 saturated carbocycles. The van der Waals surface area contributed by atoms with Gasteiger partial charge in [-0.25, -0.2) is 0 Å². The molecule has 3 aromatic rings. The Labute approximate surface area is 241 Å². The molecule has 3 aliphatic rings. The fourth-order valence-electron chi connectivity index (χ4n) is 6.45. The molecular formula is C33H36N4O4. The Morgan fingerprint density at radius 3 is 1.83 bits per heavy atom. The third kappa shape index (κ3) is 5.32. The van der Waals surface area contributed by atoms with Crippen molar-refractivity contribution in [1.82, 2.24) is 14.7 Å². The highest BCUT2D eigenvalue weighted by Gasteiger charge is 2.54. The highest BCUT2D eigenvalue weighted by atomic mass is 16.5. The van der Waals surface area contributed by atoms with Gasteiger partial charge in [0.05, 0.1) is 25.8 Å². The molecule has 3 amide bonds. The second-order valence-corrected chi connectivity index (χ2v) is 11.0. The number of benzene rings is 3. The molecule has 0 aliphatic carbocycles. The number of carbonyl (C=O) groups is 3. The standard InChI is InChI=1S/C33H36N4O4/c38-29(34-20-22-41-23-21-34)24-36-25-37(28-14-8-3-9-15-28)33(32(36)40)16-18-35(19-17-33)31(39)30(26-10-4-1-5-11-26)27-12-6-2-7-13-27/h1-15,30H,16-25H2. The van der Waals surface area contributed by atoms with Gasteiger partial charge in [0.2, 0.25) is 11.8 Å². The number of ether oxygens (including phenoxy) is 1. The Kier molecular flexibility index (Phi) is 7.74. The molecular weight excluding hydrogens is 516 g/mol. The van der Waals surface area contributed by atoms with Crippen LogP contribution in [0.15, 0.2) is 91.0 Å². The maximum Gasteiger partial charge on any atom is 0.250 e. The SMILES string of the molecule is O=C(CN1CN(c2ccccc2)C2(CCN(C(=O)C(c3ccccc3)c3ccccc3)CC2)C1=O)N1CCOCC1. The Hall–Kier alpha value is -4.17. The van der Waals surface area contributed by atoms with E-state index in [1.54, 1.807) is 9.80 Å². The van der Waals surface area contributed by atoms with Crippen molar-refractivity contribution in [1.29, 1.82) is 0 Å². The minimum Gasteiger partial charge on any atom is -0.378 e. The number of morpholine rings is 1. The smallest absolute Gasteiger partial charge is 0.250 e. The number of hydrogen-bond donors (Lipinski definition) is 0. The first-order valence-corrected chi connectivity index (χ1v) is 14.4. The molecule has 3 saturated heterocycles. The number of likely N-dealkylation sites (tertiary alicyclic amines) is 1. The first-order chi connectivity index (χ1) is 20.1. The summed E-state index contributed by atoms with van der Waals surface area (Å²) in [6, 6.07) is 29.7. The van der Waals surface area contributed by atoms with Gasteiger partial charge in [-0.05, 0) is 36.1 Å². The Morgan fingerprint density at radius 1 is 0.732 bits per heavy atom. The molecule has 1 spiro atoms. The lowest BCUT2D eigenvalue weighted by molar-refractivity contribution is -0.143. The van der Waals surface area contributed by atoms with Crippen LogP contribution in [0.3, 0.4) is 0 Å². The van der Waals surface area contributed by atoms with Crippen molar-refractivity contribution < 1.29 is 19.1 Å². The largest absolute Gasteiger partial charge is 0.378 e.